The van der Waals surface area contributed by atoms with E-state index in [1.165, 1.54) is 0 Å². The average molecular weight is 220 g/mol. The number of aromatic nitrogens is 1. The molecule has 2 N–H and O–H groups in total. The van der Waals surface area contributed by atoms with Crippen LogP contribution >= 0.6 is 11.3 Å². The minimum Gasteiger partial charge on any atom is -0.496 e. The zero-order valence-electron chi connectivity index (χ0n) is 8.65. The van der Waals surface area contributed by atoms with Crippen molar-refractivity contribution >= 4 is 17.0 Å². The molecule has 2 rings (SSSR count). The van der Waals surface area contributed by atoms with Gasteiger partial charge in [-0.05, 0) is 25.1 Å². The second kappa shape index (κ2) is 3.90. The lowest BCUT2D eigenvalue weighted by atomic mass is 10.2. The van der Waals surface area contributed by atoms with E-state index in [1.807, 2.05) is 30.5 Å². The molecule has 0 aliphatic carbocycles. The highest BCUT2D eigenvalue weighted by Gasteiger charge is 2.09. The first-order valence-corrected chi connectivity index (χ1v) is 5.44. The summed E-state index contributed by atoms with van der Waals surface area (Å²) in [6, 6.07) is 5.57. The van der Waals surface area contributed by atoms with E-state index >= 15 is 0 Å². The quantitative estimate of drug-likeness (QED) is 0.791. The van der Waals surface area contributed by atoms with Gasteiger partial charge in [0.05, 0.1) is 12.7 Å². The molecule has 0 aliphatic heterocycles. The molecule has 0 unspecified atom stereocenters. The van der Waals surface area contributed by atoms with Gasteiger partial charge in [-0.25, -0.2) is 4.98 Å². The molecule has 0 amide bonds. The van der Waals surface area contributed by atoms with Gasteiger partial charge in [0.1, 0.15) is 10.8 Å². The van der Waals surface area contributed by atoms with Gasteiger partial charge >= 0.3 is 0 Å². The fourth-order valence-corrected chi connectivity index (χ4v) is 2.19. The number of thiazole rings is 1. The van der Waals surface area contributed by atoms with Crippen LogP contribution in [0.3, 0.4) is 0 Å². The number of nitrogens with zero attached hydrogens (tertiary/aromatic N) is 1. The maximum atomic E-state index is 5.75. The van der Waals surface area contributed by atoms with Crippen LogP contribution in [0.5, 0.6) is 5.75 Å². The van der Waals surface area contributed by atoms with Gasteiger partial charge in [0.15, 0.2) is 0 Å². The molecule has 78 valence electrons. The number of methoxy groups -OCH3 is 1. The summed E-state index contributed by atoms with van der Waals surface area (Å²) in [5.41, 5.74) is 8.44. The Hall–Kier alpha value is -1.55. The molecule has 0 bridgehead atoms. The number of hydrogen-bond acceptors (Lipinski definition) is 4. The lowest BCUT2D eigenvalue weighted by Gasteiger charge is -2.06. The number of nitrogens with two attached hydrogens (primary N) is 1. The molecule has 0 radical (unpaired) electrons. The van der Waals surface area contributed by atoms with Crippen LogP contribution in [-0.4, -0.2) is 12.1 Å². The summed E-state index contributed by atoms with van der Waals surface area (Å²) in [6.07, 6.45) is 0. The molecule has 15 heavy (non-hydrogen) atoms. The zero-order chi connectivity index (χ0) is 10.8. The van der Waals surface area contributed by atoms with E-state index in [2.05, 4.69) is 4.98 Å². The second-order valence-corrected chi connectivity index (χ2v) is 4.11. The lowest BCUT2D eigenvalue weighted by Crippen LogP contribution is -1.91. The van der Waals surface area contributed by atoms with Crippen LogP contribution in [0, 0.1) is 6.92 Å². The summed E-state index contributed by atoms with van der Waals surface area (Å²) < 4.78 is 5.28. The van der Waals surface area contributed by atoms with Crippen LogP contribution in [0.2, 0.25) is 0 Å². The number of anilines is 1. The third-order valence-corrected chi connectivity index (χ3v) is 3.07. The van der Waals surface area contributed by atoms with Gasteiger partial charge in [-0.2, -0.15) is 0 Å². The smallest absolute Gasteiger partial charge is 0.129 e. The Morgan fingerprint density at radius 3 is 2.80 bits per heavy atom. The number of rotatable bonds is 2. The van der Waals surface area contributed by atoms with Crippen molar-refractivity contribution in [3.8, 4) is 16.3 Å². The van der Waals surface area contributed by atoms with Crippen LogP contribution in [0.15, 0.2) is 23.6 Å². The third-order valence-electron chi connectivity index (χ3n) is 2.07. The van der Waals surface area contributed by atoms with Gasteiger partial charge in [0.2, 0.25) is 0 Å². The standard InChI is InChI=1S/C11H12N2OS/c1-7-6-15-11(13-7)9-5-8(12)3-4-10(9)14-2/h3-6H,12H2,1-2H3. The SMILES string of the molecule is COc1ccc(N)cc1-c1nc(C)cs1. The molecule has 0 atom stereocenters. The Morgan fingerprint density at radius 2 is 2.20 bits per heavy atom. The van der Waals surface area contributed by atoms with Crippen LogP contribution in [-0.2, 0) is 0 Å². The van der Waals surface area contributed by atoms with Gasteiger partial charge < -0.3 is 10.5 Å². The molecule has 4 heteroatoms. The predicted octanol–water partition coefficient (Wildman–Crippen LogP) is 2.71. The molecule has 0 saturated heterocycles. The van der Waals surface area contributed by atoms with Gasteiger partial charge in [-0.3, -0.25) is 0 Å². The van der Waals surface area contributed by atoms with E-state index in [1.54, 1.807) is 18.4 Å². The minimum atomic E-state index is 0.721. The molecule has 1 heterocycles. The molecule has 1 aromatic heterocycles. The first-order chi connectivity index (χ1) is 7.20. The first-order valence-electron chi connectivity index (χ1n) is 4.56. The summed E-state index contributed by atoms with van der Waals surface area (Å²) >= 11 is 1.59. The average Bonchev–Trinajstić information content (AvgIpc) is 2.65. The van der Waals surface area contributed by atoms with Gasteiger partial charge in [-0.1, -0.05) is 0 Å². The van der Waals surface area contributed by atoms with Crippen LogP contribution in [0.25, 0.3) is 10.6 Å². The Labute approximate surface area is 92.5 Å². The fraction of sp³-hybridized carbons (Fsp3) is 0.182. The molecule has 2 aromatic rings. The van der Waals surface area contributed by atoms with Crippen molar-refractivity contribution < 1.29 is 4.74 Å². The van der Waals surface area contributed by atoms with Crippen molar-refractivity contribution in [2.24, 2.45) is 0 Å². The Bertz CT molecular complexity index is 479. The summed E-state index contributed by atoms with van der Waals surface area (Å²) in [4.78, 5) is 4.41. The number of aryl methyl sites for hydroxylation is 1. The first kappa shape index (κ1) is 9.98. The van der Waals surface area contributed by atoms with Crippen LogP contribution in [0.4, 0.5) is 5.69 Å². The summed E-state index contributed by atoms with van der Waals surface area (Å²) in [7, 11) is 1.65. The summed E-state index contributed by atoms with van der Waals surface area (Å²) in [6.45, 7) is 1.97. The number of benzene rings is 1. The van der Waals surface area contributed by atoms with Crippen molar-refractivity contribution in [3.05, 3.63) is 29.3 Å². The zero-order valence-corrected chi connectivity index (χ0v) is 9.47. The molecule has 0 saturated carbocycles. The molecular formula is C11H12N2OS. The van der Waals surface area contributed by atoms with Crippen molar-refractivity contribution in [2.45, 2.75) is 6.92 Å². The van der Waals surface area contributed by atoms with Crippen molar-refractivity contribution in [1.29, 1.82) is 0 Å². The molecule has 1 aromatic carbocycles. The van der Waals surface area contributed by atoms with Gasteiger partial charge in [0, 0.05) is 16.8 Å². The van der Waals surface area contributed by atoms with Crippen molar-refractivity contribution in [1.82, 2.24) is 4.98 Å². The molecular weight excluding hydrogens is 208 g/mol. The third kappa shape index (κ3) is 1.94. The summed E-state index contributed by atoms with van der Waals surface area (Å²) in [5.74, 6) is 0.804. The van der Waals surface area contributed by atoms with Crippen molar-refractivity contribution in [3.63, 3.8) is 0 Å². The van der Waals surface area contributed by atoms with Gasteiger partial charge in [-0.15, -0.1) is 11.3 Å². The monoisotopic (exact) mass is 220 g/mol. The lowest BCUT2D eigenvalue weighted by molar-refractivity contribution is 0.416. The molecule has 0 aliphatic rings. The van der Waals surface area contributed by atoms with E-state index in [0.29, 0.717) is 0 Å². The van der Waals surface area contributed by atoms with Gasteiger partial charge in [0.25, 0.3) is 0 Å². The van der Waals surface area contributed by atoms with Crippen LogP contribution < -0.4 is 10.5 Å². The predicted molar refractivity (Wildman–Crippen MR) is 63.3 cm³/mol. The summed E-state index contributed by atoms with van der Waals surface area (Å²) in [5, 5.41) is 2.95. The van der Waals surface area contributed by atoms with Crippen LogP contribution in [0.1, 0.15) is 5.69 Å². The van der Waals surface area contributed by atoms with E-state index < -0.39 is 0 Å². The van der Waals surface area contributed by atoms with E-state index in [4.69, 9.17) is 10.5 Å². The Balaban J connectivity index is 2.55. The number of hydrogen-bond donors (Lipinski definition) is 1. The normalized spacial score (nSPS) is 10.3. The maximum Gasteiger partial charge on any atom is 0.129 e. The highest BCUT2D eigenvalue weighted by molar-refractivity contribution is 7.13. The maximum absolute atomic E-state index is 5.75. The van der Waals surface area contributed by atoms with E-state index in [9.17, 15) is 0 Å². The minimum absolute atomic E-state index is 0.721. The largest absolute Gasteiger partial charge is 0.496 e. The highest BCUT2D eigenvalue weighted by atomic mass is 32.1. The highest BCUT2D eigenvalue weighted by Crippen LogP contribution is 2.33. The molecule has 0 spiro atoms. The number of ether oxygens (including phenoxy) is 1. The van der Waals surface area contributed by atoms with E-state index in [0.717, 1.165) is 27.7 Å². The number of nitrogen functional groups attached to an aromatic ring is 1. The fourth-order valence-electron chi connectivity index (χ4n) is 1.37. The van der Waals surface area contributed by atoms with Crippen molar-refractivity contribution in [2.75, 3.05) is 12.8 Å². The second-order valence-electron chi connectivity index (χ2n) is 3.25. The Kier molecular flexibility index (Phi) is 2.60. The molecule has 3 nitrogen and oxygen atoms in total. The Morgan fingerprint density at radius 1 is 1.40 bits per heavy atom. The van der Waals surface area contributed by atoms with E-state index in [-0.39, 0.29) is 0 Å². The molecule has 0 fully saturated rings. The topological polar surface area (TPSA) is 48.1 Å².